The molecule has 12 heavy (non-hydrogen) atoms. The van der Waals surface area contributed by atoms with Crippen molar-refractivity contribution in [2.75, 3.05) is 14.1 Å². The lowest BCUT2D eigenvalue weighted by molar-refractivity contribution is 0.328. The van der Waals surface area contributed by atoms with Crippen LogP contribution in [-0.2, 0) is 6.54 Å². The van der Waals surface area contributed by atoms with E-state index in [1.54, 1.807) is 0 Å². The van der Waals surface area contributed by atoms with E-state index in [1.807, 2.05) is 25.9 Å². The van der Waals surface area contributed by atoms with Gasteiger partial charge in [0.25, 0.3) is 0 Å². The molecule has 0 aromatic carbocycles. The highest BCUT2D eigenvalue weighted by atomic mass is 16.4. The number of hydrogen-bond acceptors (Lipinski definition) is 5. The minimum absolute atomic E-state index is 0.187. The number of nitrogens with zero attached hydrogens (tertiary/aromatic N) is 3. The highest BCUT2D eigenvalue weighted by Gasteiger charge is 2.09. The van der Waals surface area contributed by atoms with Crippen LogP contribution < -0.4 is 5.73 Å². The number of nitrogens with two attached hydrogens (primary N) is 1. The van der Waals surface area contributed by atoms with Gasteiger partial charge < -0.3 is 15.1 Å². The summed E-state index contributed by atoms with van der Waals surface area (Å²) < 4.78 is 5.27. The fourth-order valence-corrected chi connectivity index (χ4v) is 0.785. The molecule has 1 rings (SSSR count). The fourth-order valence-electron chi connectivity index (χ4n) is 0.785. The molecule has 0 aliphatic carbocycles. The maximum atomic E-state index is 5.55. The molecule has 1 atom stereocenters. The zero-order valence-corrected chi connectivity index (χ0v) is 7.61. The summed E-state index contributed by atoms with van der Waals surface area (Å²) in [5, 5.41) is 7.64. The van der Waals surface area contributed by atoms with Crippen molar-refractivity contribution in [3.8, 4) is 0 Å². The van der Waals surface area contributed by atoms with E-state index in [1.165, 1.54) is 0 Å². The molecule has 68 valence electrons. The third kappa shape index (κ3) is 2.28. The third-order valence-corrected chi connectivity index (χ3v) is 1.32. The van der Waals surface area contributed by atoms with Crippen LogP contribution in [0.15, 0.2) is 4.42 Å². The topological polar surface area (TPSA) is 68.2 Å². The maximum Gasteiger partial charge on any atom is 0.232 e. The molecule has 0 aliphatic heterocycles. The highest BCUT2D eigenvalue weighted by molar-refractivity contribution is 4.85. The van der Waals surface area contributed by atoms with Crippen LogP contribution in [0.3, 0.4) is 0 Å². The number of hydrogen-bond donors (Lipinski definition) is 1. The van der Waals surface area contributed by atoms with Crippen LogP contribution in [0.2, 0.25) is 0 Å². The third-order valence-electron chi connectivity index (χ3n) is 1.32. The zero-order chi connectivity index (χ0) is 9.14. The largest absolute Gasteiger partial charge is 0.422 e. The van der Waals surface area contributed by atoms with Crippen LogP contribution in [-0.4, -0.2) is 29.2 Å². The first-order chi connectivity index (χ1) is 5.59. The summed E-state index contributed by atoms with van der Waals surface area (Å²) in [5.74, 6) is 1.10. The molecule has 1 aromatic heterocycles. The Bertz CT molecular complexity index is 243. The Labute approximate surface area is 71.6 Å². The van der Waals surface area contributed by atoms with Gasteiger partial charge in [-0.2, -0.15) is 0 Å². The van der Waals surface area contributed by atoms with Gasteiger partial charge in [-0.15, -0.1) is 10.2 Å². The lowest BCUT2D eigenvalue weighted by atomic mass is 10.4. The van der Waals surface area contributed by atoms with Gasteiger partial charge in [-0.25, -0.2) is 0 Å². The molecular weight excluding hydrogens is 156 g/mol. The molecule has 5 nitrogen and oxygen atoms in total. The molecule has 0 aliphatic rings. The Balaban J connectivity index is 2.64. The van der Waals surface area contributed by atoms with Crippen LogP contribution in [0.25, 0.3) is 0 Å². The van der Waals surface area contributed by atoms with Crippen molar-refractivity contribution in [3.63, 3.8) is 0 Å². The van der Waals surface area contributed by atoms with Gasteiger partial charge in [0.05, 0.1) is 12.6 Å². The van der Waals surface area contributed by atoms with Crippen molar-refractivity contribution in [1.29, 1.82) is 0 Å². The van der Waals surface area contributed by atoms with E-state index in [0.29, 0.717) is 18.3 Å². The Morgan fingerprint density at radius 2 is 2.17 bits per heavy atom. The van der Waals surface area contributed by atoms with Gasteiger partial charge in [-0.05, 0) is 21.0 Å². The van der Waals surface area contributed by atoms with E-state index >= 15 is 0 Å². The molecule has 1 unspecified atom stereocenters. The van der Waals surface area contributed by atoms with Crippen LogP contribution in [0.5, 0.6) is 0 Å². The minimum atomic E-state index is -0.187. The van der Waals surface area contributed by atoms with E-state index in [9.17, 15) is 0 Å². The standard InChI is InChI=1S/C7H14N4O/c1-5(8)7-10-9-6(12-7)4-11(2)3/h5H,4,8H2,1-3H3. The summed E-state index contributed by atoms with van der Waals surface area (Å²) >= 11 is 0. The molecule has 5 heteroatoms. The minimum Gasteiger partial charge on any atom is -0.422 e. The first-order valence-electron chi connectivity index (χ1n) is 3.82. The van der Waals surface area contributed by atoms with Crippen molar-refractivity contribution < 1.29 is 4.42 Å². The van der Waals surface area contributed by atoms with E-state index < -0.39 is 0 Å². The Hall–Kier alpha value is -0.940. The Kier molecular flexibility index (Phi) is 2.78. The molecule has 1 aromatic rings. The molecule has 0 spiro atoms. The number of rotatable bonds is 3. The lowest BCUT2D eigenvalue weighted by Gasteiger charge is -2.03. The second-order valence-corrected chi connectivity index (χ2v) is 3.06. The van der Waals surface area contributed by atoms with Crippen LogP contribution in [0.4, 0.5) is 0 Å². The van der Waals surface area contributed by atoms with E-state index in [2.05, 4.69) is 10.2 Å². The predicted octanol–water partition coefficient (Wildman–Crippen LogP) is 0.151. The van der Waals surface area contributed by atoms with Gasteiger partial charge in [0.15, 0.2) is 0 Å². The van der Waals surface area contributed by atoms with Gasteiger partial charge in [0, 0.05) is 0 Å². The maximum absolute atomic E-state index is 5.55. The molecule has 0 saturated heterocycles. The summed E-state index contributed by atoms with van der Waals surface area (Å²) in [6.45, 7) is 2.46. The van der Waals surface area contributed by atoms with Gasteiger partial charge in [0.2, 0.25) is 11.8 Å². The molecule has 2 N–H and O–H groups in total. The van der Waals surface area contributed by atoms with E-state index in [4.69, 9.17) is 10.2 Å². The first-order valence-corrected chi connectivity index (χ1v) is 3.82. The molecule has 0 radical (unpaired) electrons. The summed E-state index contributed by atoms with van der Waals surface area (Å²) in [5.41, 5.74) is 5.55. The summed E-state index contributed by atoms with van der Waals surface area (Å²) in [4.78, 5) is 1.96. The van der Waals surface area contributed by atoms with E-state index in [-0.39, 0.29) is 6.04 Å². The van der Waals surface area contributed by atoms with Crippen molar-refractivity contribution in [1.82, 2.24) is 15.1 Å². The Morgan fingerprint density at radius 3 is 2.58 bits per heavy atom. The average Bonchev–Trinajstić information content (AvgIpc) is 2.34. The molecule has 0 bridgehead atoms. The molecule has 0 saturated carbocycles. The van der Waals surface area contributed by atoms with Gasteiger partial charge in [-0.1, -0.05) is 0 Å². The molecular formula is C7H14N4O. The average molecular weight is 170 g/mol. The van der Waals surface area contributed by atoms with Gasteiger partial charge >= 0.3 is 0 Å². The van der Waals surface area contributed by atoms with Crippen LogP contribution >= 0.6 is 0 Å². The number of aromatic nitrogens is 2. The predicted molar refractivity (Wildman–Crippen MR) is 44.3 cm³/mol. The van der Waals surface area contributed by atoms with Crippen LogP contribution in [0, 0.1) is 0 Å². The SMILES string of the molecule is CC(N)c1nnc(CN(C)C)o1. The van der Waals surface area contributed by atoms with Crippen molar-refractivity contribution in [2.45, 2.75) is 19.5 Å². The second-order valence-electron chi connectivity index (χ2n) is 3.06. The summed E-state index contributed by atoms with van der Waals surface area (Å²) in [6.07, 6.45) is 0. The molecule has 0 fully saturated rings. The van der Waals surface area contributed by atoms with Gasteiger partial charge in [0.1, 0.15) is 0 Å². The van der Waals surface area contributed by atoms with Crippen molar-refractivity contribution in [2.24, 2.45) is 5.73 Å². The quantitative estimate of drug-likeness (QED) is 0.699. The molecule has 0 amide bonds. The monoisotopic (exact) mass is 170 g/mol. The van der Waals surface area contributed by atoms with E-state index in [0.717, 1.165) is 0 Å². The fraction of sp³-hybridized carbons (Fsp3) is 0.714. The van der Waals surface area contributed by atoms with Crippen LogP contribution in [0.1, 0.15) is 24.7 Å². The van der Waals surface area contributed by atoms with Crippen molar-refractivity contribution in [3.05, 3.63) is 11.8 Å². The van der Waals surface area contributed by atoms with Crippen molar-refractivity contribution >= 4 is 0 Å². The second kappa shape index (κ2) is 3.64. The summed E-state index contributed by atoms with van der Waals surface area (Å²) in [6, 6.07) is -0.187. The molecule has 1 heterocycles. The summed E-state index contributed by atoms with van der Waals surface area (Å²) in [7, 11) is 3.88. The lowest BCUT2D eigenvalue weighted by Crippen LogP contribution is -2.10. The normalized spacial score (nSPS) is 13.8. The van der Waals surface area contributed by atoms with Gasteiger partial charge in [-0.3, -0.25) is 0 Å². The highest BCUT2D eigenvalue weighted by Crippen LogP contribution is 2.07. The first kappa shape index (κ1) is 9.15. The zero-order valence-electron chi connectivity index (χ0n) is 7.61. The smallest absolute Gasteiger partial charge is 0.232 e. The Morgan fingerprint density at radius 1 is 1.50 bits per heavy atom.